The lowest BCUT2D eigenvalue weighted by atomic mass is 10.00. The van der Waals surface area contributed by atoms with E-state index in [4.69, 9.17) is 4.74 Å². The van der Waals surface area contributed by atoms with Gasteiger partial charge in [0.2, 0.25) is 10.0 Å². The minimum absolute atomic E-state index is 0.0158. The van der Waals surface area contributed by atoms with Crippen molar-refractivity contribution < 1.29 is 17.9 Å². The molecule has 2 aromatic carbocycles. The van der Waals surface area contributed by atoms with Gasteiger partial charge in [-0.15, -0.1) is 0 Å². The summed E-state index contributed by atoms with van der Waals surface area (Å²) in [6, 6.07) is 12.7. The first-order valence-corrected chi connectivity index (χ1v) is 9.15. The summed E-state index contributed by atoms with van der Waals surface area (Å²) in [6.07, 6.45) is 0. The van der Waals surface area contributed by atoms with E-state index in [1.54, 1.807) is 24.3 Å². The highest BCUT2D eigenvalue weighted by Crippen LogP contribution is 2.25. The normalized spacial score (nSPS) is 12.4. The van der Waals surface area contributed by atoms with Crippen molar-refractivity contribution in [2.24, 2.45) is 0 Å². The van der Waals surface area contributed by atoms with Gasteiger partial charge in [0.1, 0.15) is 0 Å². The number of esters is 1. The van der Waals surface area contributed by atoms with Crippen molar-refractivity contribution in [1.82, 2.24) is 4.72 Å². The Bertz CT molecular complexity index is 869. The molecular weight excluding hydrogens is 338 g/mol. The van der Waals surface area contributed by atoms with E-state index in [0.29, 0.717) is 5.56 Å². The molecule has 0 radical (unpaired) electrons. The van der Waals surface area contributed by atoms with E-state index in [9.17, 15) is 13.2 Å². The molecule has 1 atom stereocenters. The minimum atomic E-state index is -3.84. The van der Waals surface area contributed by atoms with Gasteiger partial charge in [0, 0.05) is 0 Å². The molecule has 0 aliphatic heterocycles. The summed E-state index contributed by atoms with van der Waals surface area (Å²) in [5.74, 6) is -0.669. The van der Waals surface area contributed by atoms with Crippen LogP contribution in [0.3, 0.4) is 0 Å². The Kier molecular flexibility index (Phi) is 5.77. The van der Waals surface area contributed by atoms with Gasteiger partial charge in [0.25, 0.3) is 0 Å². The average molecular weight is 359 g/mol. The van der Waals surface area contributed by atoms with Crippen LogP contribution in [0.4, 0.5) is 0 Å². The quantitative estimate of drug-likeness (QED) is 0.635. The number of rotatable bonds is 6. The highest BCUT2D eigenvalue weighted by Gasteiger charge is 2.27. The molecule has 2 aromatic rings. The number of nitrogens with one attached hydrogen (secondary N) is 1. The van der Waals surface area contributed by atoms with Crippen LogP contribution in [0.5, 0.6) is 0 Å². The molecule has 0 bridgehead atoms. The smallest absolute Gasteiger partial charge is 0.335 e. The second-order valence-electron chi connectivity index (χ2n) is 5.79. The Morgan fingerprint density at radius 3 is 1.96 bits per heavy atom. The fraction of sp³-hybridized carbons (Fsp3) is 0.211. The molecule has 0 amide bonds. The highest BCUT2D eigenvalue weighted by atomic mass is 32.2. The number of carbonyl (C=O) groups excluding carboxylic acids is 1. The topological polar surface area (TPSA) is 72.5 Å². The maximum Gasteiger partial charge on any atom is 0.335 e. The maximum atomic E-state index is 12.7. The van der Waals surface area contributed by atoms with Crippen molar-refractivity contribution in [3.05, 3.63) is 77.4 Å². The summed E-state index contributed by atoms with van der Waals surface area (Å²) in [5.41, 5.74) is 2.60. The summed E-state index contributed by atoms with van der Waals surface area (Å²) >= 11 is 0. The van der Waals surface area contributed by atoms with Crippen molar-refractivity contribution in [2.45, 2.75) is 24.8 Å². The second-order valence-corrected chi connectivity index (χ2v) is 7.51. The largest absolute Gasteiger partial charge is 0.466 e. The van der Waals surface area contributed by atoms with Crippen molar-refractivity contribution in [3.63, 3.8) is 0 Å². The van der Waals surface area contributed by atoms with Gasteiger partial charge < -0.3 is 4.74 Å². The predicted molar refractivity (Wildman–Crippen MR) is 96.6 cm³/mol. The SMILES string of the molecule is C=C(C(=O)OC)[C@H](NS(=O)(=O)c1ccc(C)cc1)c1ccc(C)cc1. The summed E-state index contributed by atoms with van der Waals surface area (Å²) < 4.78 is 32.7. The molecule has 0 heterocycles. The standard InChI is InChI=1S/C19H21NO4S/c1-13-5-9-16(10-6-13)18(15(3)19(21)24-4)20-25(22,23)17-11-7-14(2)8-12-17/h5-12,18,20H,3H2,1-2,4H3/t18-/m0/s1. The zero-order chi connectivity index (χ0) is 18.6. The van der Waals surface area contributed by atoms with E-state index in [-0.39, 0.29) is 10.5 Å². The van der Waals surface area contributed by atoms with E-state index in [2.05, 4.69) is 11.3 Å². The van der Waals surface area contributed by atoms with Crippen molar-refractivity contribution in [2.75, 3.05) is 7.11 Å². The molecule has 132 valence electrons. The van der Waals surface area contributed by atoms with Crippen LogP contribution in [0, 0.1) is 13.8 Å². The maximum absolute atomic E-state index is 12.7. The molecule has 2 rings (SSSR count). The van der Waals surface area contributed by atoms with Crippen LogP contribution in [0.1, 0.15) is 22.7 Å². The Balaban J connectivity index is 2.41. The van der Waals surface area contributed by atoms with Gasteiger partial charge in [-0.1, -0.05) is 54.1 Å². The zero-order valence-electron chi connectivity index (χ0n) is 14.4. The Morgan fingerprint density at radius 1 is 1.00 bits per heavy atom. The van der Waals surface area contributed by atoms with E-state index in [1.165, 1.54) is 19.2 Å². The summed E-state index contributed by atoms with van der Waals surface area (Å²) in [4.78, 5) is 12.0. The van der Waals surface area contributed by atoms with Crippen molar-refractivity contribution in [1.29, 1.82) is 0 Å². The minimum Gasteiger partial charge on any atom is -0.466 e. The first-order chi connectivity index (χ1) is 11.7. The van der Waals surface area contributed by atoms with Gasteiger partial charge in [0.05, 0.1) is 23.6 Å². The fourth-order valence-corrected chi connectivity index (χ4v) is 3.51. The third-order valence-corrected chi connectivity index (χ3v) is 5.25. The fourth-order valence-electron chi connectivity index (χ4n) is 2.29. The Hall–Kier alpha value is -2.44. The number of hydrogen-bond acceptors (Lipinski definition) is 4. The Morgan fingerprint density at radius 2 is 1.48 bits per heavy atom. The molecule has 0 saturated carbocycles. The van der Waals surface area contributed by atoms with Crippen molar-refractivity contribution >= 4 is 16.0 Å². The van der Waals surface area contributed by atoms with Crippen LogP contribution >= 0.6 is 0 Å². The lowest BCUT2D eigenvalue weighted by Gasteiger charge is -2.20. The molecule has 0 spiro atoms. The molecule has 6 heteroatoms. The van der Waals surface area contributed by atoms with E-state index in [0.717, 1.165) is 11.1 Å². The highest BCUT2D eigenvalue weighted by molar-refractivity contribution is 7.89. The van der Waals surface area contributed by atoms with Gasteiger partial charge in [-0.05, 0) is 31.5 Å². The first-order valence-electron chi connectivity index (χ1n) is 7.67. The first kappa shape index (κ1) is 18.9. The molecule has 1 N–H and O–H groups in total. The van der Waals surface area contributed by atoms with Gasteiger partial charge in [-0.2, -0.15) is 4.72 Å². The zero-order valence-corrected chi connectivity index (χ0v) is 15.3. The number of methoxy groups -OCH3 is 1. The summed E-state index contributed by atoms with van der Waals surface area (Å²) in [5, 5.41) is 0. The molecule has 0 aliphatic rings. The van der Waals surface area contributed by atoms with E-state index < -0.39 is 22.0 Å². The van der Waals surface area contributed by atoms with E-state index >= 15 is 0 Å². The monoisotopic (exact) mass is 359 g/mol. The van der Waals surface area contributed by atoms with Gasteiger partial charge in [-0.3, -0.25) is 0 Å². The summed E-state index contributed by atoms with van der Waals surface area (Å²) in [7, 11) is -2.61. The number of aryl methyl sites for hydroxylation is 2. The molecular formula is C19H21NO4S. The van der Waals surface area contributed by atoms with Crippen LogP contribution < -0.4 is 4.72 Å². The number of ether oxygens (including phenoxy) is 1. The van der Waals surface area contributed by atoms with E-state index in [1.807, 2.05) is 26.0 Å². The molecule has 0 saturated heterocycles. The van der Waals surface area contributed by atoms with Crippen LogP contribution in [0.15, 0.2) is 65.6 Å². The second kappa shape index (κ2) is 7.63. The molecule has 0 unspecified atom stereocenters. The molecule has 0 aromatic heterocycles. The average Bonchev–Trinajstić information content (AvgIpc) is 2.59. The predicted octanol–water partition coefficient (Wildman–Crippen LogP) is 3.05. The number of sulfonamides is 1. The lowest BCUT2D eigenvalue weighted by Crippen LogP contribution is -2.32. The van der Waals surface area contributed by atoms with Gasteiger partial charge in [0.15, 0.2) is 0 Å². The lowest BCUT2D eigenvalue weighted by molar-refractivity contribution is -0.136. The third-order valence-electron chi connectivity index (χ3n) is 3.81. The van der Waals surface area contributed by atoms with Crippen LogP contribution in [-0.4, -0.2) is 21.5 Å². The number of benzene rings is 2. The summed E-state index contributed by atoms with van der Waals surface area (Å²) in [6.45, 7) is 7.51. The van der Waals surface area contributed by atoms with Crippen LogP contribution in [0.25, 0.3) is 0 Å². The number of carbonyl (C=O) groups is 1. The molecule has 0 fully saturated rings. The Labute approximate surface area is 148 Å². The number of hydrogen-bond donors (Lipinski definition) is 1. The molecule has 0 aliphatic carbocycles. The molecule has 5 nitrogen and oxygen atoms in total. The van der Waals surface area contributed by atoms with Crippen molar-refractivity contribution in [3.8, 4) is 0 Å². The van der Waals surface area contributed by atoms with Gasteiger partial charge >= 0.3 is 5.97 Å². The van der Waals surface area contributed by atoms with Gasteiger partial charge in [-0.25, -0.2) is 13.2 Å². The third kappa shape index (κ3) is 4.55. The van der Waals surface area contributed by atoms with Crippen LogP contribution in [-0.2, 0) is 19.6 Å². The van der Waals surface area contributed by atoms with Crippen LogP contribution in [0.2, 0.25) is 0 Å². The molecule has 25 heavy (non-hydrogen) atoms.